The number of aryl methyl sites for hydroxylation is 2. The topological polar surface area (TPSA) is 0 Å². The van der Waals surface area contributed by atoms with E-state index < -0.39 is 0 Å². The minimum absolute atomic E-state index is 0.739. The summed E-state index contributed by atoms with van der Waals surface area (Å²) in [6.07, 6.45) is 6.81. The third-order valence-corrected chi connectivity index (χ3v) is 5.09. The molecule has 2 atom stereocenters. The van der Waals surface area contributed by atoms with Crippen LogP contribution in [0.5, 0.6) is 0 Å². The van der Waals surface area contributed by atoms with Crippen molar-refractivity contribution < 1.29 is 0 Å². The molecule has 1 saturated carbocycles. The molecule has 16 heavy (non-hydrogen) atoms. The number of hydrogen-bond donors (Lipinski definition) is 0. The Morgan fingerprint density at radius 1 is 1.12 bits per heavy atom. The Bertz CT molecular complexity index is 356. The number of halogens is 1. The smallest absolute Gasteiger partial charge is 0.0177 e. The van der Waals surface area contributed by atoms with Crippen LogP contribution in [0.4, 0.5) is 0 Å². The zero-order valence-corrected chi connectivity index (χ0v) is 11.9. The maximum absolute atomic E-state index is 3.85. The third-order valence-electron chi connectivity index (χ3n) is 3.89. The van der Waals surface area contributed by atoms with Crippen LogP contribution < -0.4 is 0 Å². The van der Waals surface area contributed by atoms with Crippen LogP contribution in [0.3, 0.4) is 0 Å². The molecule has 88 valence electrons. The molecule has 2 rings (SSSR count). The van der Waals surface area contributed by atoms with Gasteiger partial charge in [0.05, 0.1) is 0 Å². The highest BCUT2D eigenvalue weighted by molar-refractivity contribution is 9.09. The van der Waals surface area contributed by atoms with Gasteiger partial charge in [-0.1, -0.05) is 47.0 Å². The summed E-state index contributed by atoms with van der Waals surface area (Å²) in [5.41, 5.74) is 4.35. The second-order valence-corrected chi connectivity index (χ2v) is 6.36. The lowest BCUT2D eigenvalue weighted by Gasteiger charge is -2.27. The van der Waals surface area contributed by atoms with Gasteiger partial charge in [-0.25, -0.2) is 0 Å². The van der Waals surface area contributed by atoms with Crippen molar-refractivity contribution in [3.63, 3.8) is 0 Å². The lowest BCUT2D eigenvalue weighted by Crippen LogP contribution is -2.21. The Kier molecular flexibility index (Phi) is 4.07. The van der Waals surface area contributed by atoms with E-state index in [0.29, 0.717) is 0 Å². The van der Waals surface area contributed by atoms with Crippen molar-refractivity contribution in [1.82, 2.24) is 0 Å². The zero-order valence-electron chi connectivity index (χ0n) is 10.3. The quantitative estimate of drug-likeness (QED) is 0.683. The summed E-state index contributed by atoms with van der Waals surface area (Å²) in [4.78, 5) is 0.739. The predicted octanol–water partition coefficient (Wildman–Crippen LogP) is 4.80. The Labute approximate surface area is 108 Å². The maximum Gasteiger partial charge on any atom is 0.0177 e. The van der Waals surface area contributed by atoms with Gasteiger partial charge in [0.1, 0.15) is 0 Å². The van der Waals surface area contributed by atoms with E-state index in [4.69, 9.17) is 0 Å². The fourth-order valence-electron chi connectivity index (χ4n) is 2.63. The Hall–Kier alpha value is -0.300. The lowest BCUT2D eigenvalue weighted by molar-refractivity contribution is 0.373. The molecule has 2 unspecified atom stereocenters. The molecular formula is C15H21Br. The van der Waals surface area contributed by atoms with Crippen molar-refractivity contribution in [3.05, 3.63) is 34.9 Å². The molecule has 0 spiro atoms. The minimum Gasteiger partial charge on any atom is -0.0888 e. The zero-order chi connectivity index (χ0) is 11.5. The van der Waals surface area contributed by atoms with Gasteiger partial charge in [-0.15, -0.1) is 0 Å². The SMILES string of the molecule is Cc1ccc(CC2CCCCC2Br)cc1C. The van der Waals surface area contributed by atoms with Crippen LogP contribution in [0.25, 0.3) is 0 Å². The highest BCUT2D eigenvalue weighted by atomic mass is 79.9. The van der Waals surface area contributed by atoms with Crippen molar-refractivity contribution in [2.24, 2.45) is 5.92 Å². The van der Waals surface area contributed by atoms with E-state index in [0.717, 1.165) is 10.7 Å². The molecule has 1 heteroatoms. The summed E-state index contributed by atoms with van der Waals surface area (Å²) in [7, 11) is 0. The summed E-state index contributed by atoms with van der Waals surface area (Å²) < 4.78 is 0. The van der Waals surface area contributed by atoms with Crippen LogP contribution in [0.15, 0.2) is 18.2 Å². The van der Waals surface area contributed by atoms with E-state index in [1.165, 1.54) is 48.8 Å². The summed E-state index contributed by atoms with van der Waals surface area (Å²) in [6.45, 7) is 4.40. The first-order valence-corrected chi connectivity index (χ1v) is 7.28. The van der Waals surface area contributed by atoms with Gasteiger partial charge in [0.15, 0.2) is 0 Å². The normalized spacial score (nSPS) is 25.7. The van der Waals surface area contributed by atoms with Crippen molar-refractivity contribution >= 4 is 15.9 Å². The van der Waals surface area contributed by atoms with E-state index in [9.17, 15) is 0 Å². The highest BCUT2D eigenvalue weighted by Gasteiger charge is 2.22. The van der Waals surface area contributed by atoms with Crippen LogP contribution in [0.1, 0.15) is 42.4 Å². The lowest BCUT2D eigenvalue weighted by atomic mass is 9.84. The third kappa shape index (κ3) is 2.88. The number of benzene rings is 1. The first kappa shape index (κ1) is 12.2. The first-order valence-electron chi connectivity index (χ1n) is 6.37. The molecule has 0 N–H and O–H groups in total. The molecule has 1 aliphatic carbocycles. The summed E-state index contributed by atoms with van der Waals surface area (Å²) in [5, 5.41) is 0. The van der Waals surface area contributed by atoms with E-state index >= 15 is 0 Å². The van der Waals surface area contributed by atoms with Gasteiger partial charge in [0.2, 0.25) is 0 Å². The maximum atomic E-state index is 3.85. The molecule has 0 amide bonds. The molecule has 1 aliphatic rings. The standard InChI is InChI=1S/C15H21Br/c1-11-7-8-13(9-12(11)2)10-14-5-3-4-6-15(14)16/h7-9,14-15H,3-6,10H2,1-2H3. The van der Waals surface area contributed by atoms with Crippen LogP contribution in [0, 0.1) is 19.8 Å². The van der Waals surface area contributed by atoms with Crippen molar-refractivity contribution in [2.75, 3.05) is 0 Å². The van der Waals surface area contributed by atoms with Crippen LogP contribution in [0.2, 0.25) is 0 Å². The van der Waals surface area contributed by atoms with Crippen molar-refractivity contribution in [1.29, 1.82) is 0 Å². The number of alkyl halides is 1. The fourth-order valence-corrected chi connectivity index (χ4v) is 3.40. The van der Waals surface area contributed by atoms with Crippen molar-refractivity contribution in [3.8, 4) is 0 Å². The summed E-state index contributed by atoms with van der Waals surface area (Å²) >= 11 is 3.85. The van der Waals surface area contributed by atoms with Crippen molar-refractivity contribution in [2.45, 2.75) is 50.8 Å². The van der Waals surface area contributed by atoms with E-state index in [1.54, 1.807) is 0 Å². The monoisotopic (exact) mass is 280 g/mol. The molecule has 0 saturated heterocycles. The molecule has 0 aromatic heterocycles. The van der Waals surface area contributed by atoms with Gasteiger partial charge in [-0.3, -0.25) is 0 Å². The first-order chi connectivity index (χ1) is 7.66. The molecule has 0 heterocycles. The van der Waals surface area contributed by atoms with Gasteiger partial charge in [-0.2, -0.15) is 0 Å². The Balaban J connectivity index is 2.05. The molecule has 1 aromatic carbocycles. The van der Waals surface area contributed by atoms with Gasteiger partial charge in [0.25, 0.3) is 0 Å². The molecule has 0 nitrogen and oxygen atoms in total. The van der Waals surface area contributed by atoms with Crippen LogP contribution in [-0.4, -0.2) is 4.83 Å². The molecular weight excluding hydrogens is 260 g/mol. The molecule has 0 radical (unpaired) electrons. The summed E-state index contributed by atoms with van der Waals surface area (Å²) in [6, 6.07) is 6.93. The van der Waals surface area contributed by atoms with E-state index in [-0.39, 0.29) is 0 Å². The highest BCUT2D eigenvalue weighted by Crippen LogP contribution is 2.32. The largest absolute Gasteiger partial charge is 0.0888 e. The molecule has 1 fully saturated rings. The van der Waals surface area contributed by atoms with Gasteiger partial charge < -0.3 is 0 Å². The van der Waals surface area contributed by atoms with Gasteiger partial charge in [-0.05, 0) is 55.7 Å². The number of hydrogen-bond acceptors (Lipinski definition) is 0. The predicted molar refractivity (Wildman–Crippen MR) is 74.3 cm³/mol. The van der Waals surface area contributed by atoms with E-state index in [2.05, 4.69) is 48.0 Å². The Morgan fingerprint density at radius 3 is 2.56 bits per heavy atom. The average molecular weight is 281 g/mol. The second-order valence-electron chi connectivity index (χ2n) is 5.18. The molecule has 1 aromatic rings. The average Bonchev–Trinajstić information content (AvgIpc) is 2.27. The fraction of sp³-hybridized carbons (Fsp3) is 0.600. The van der Waals surface area contributed by atoms with Crippen LogP contribution in [-0.2, 0) is 6.42 Å². The Morgan fingerprint density at radius 2 is 1.88 bits per heavy atom. The van der Waals surface area contributed by atoms with Gasteiger partial charge >= 0.3 is 0 Å². The van der Waals surface area contributed by atoms with Gasteiger partial charge in [0, 0.05) is 4.83 Å². The molecule has 0 bridgehead atoms. The second kappa shape index (κ2) is 5.35. The molecule has 0 aliphatic heterocycles. The summed E-state index contributed by atoms with van der Waals surface area (Å²) in [5.74, 6) is 0.843. The van der Waals surface area contributed by atoms with E-state index in [1.807, 2.05) is 0 Å². The number of rotatable bonds is 2. The minimum atomic E-state index is 0.739. The van der Waals surface area contributed by atoms with Crippen LogP contribution >= 0.6 is 15.9 Å².